The molecule has 1 N–H and O–H groups in total. The molecule has 21 heavy (non-hydrogen) atoms. The van der Waals surface area contributed by atoms with Crippen LogP contribution in [0.2, 0.25) is 0 Å². The highest BCUT2D eigenvalue weighted by atomic mass is 16.6. The Kier molecular flexibility index (Phi) is 5.79. The molecule has 1 aromatic rings. The van der Waals surface area contributed by atoms with E-state index in [4.69, 9.17) is 0 Å². The average molecular weight is 294 g/mol. The van der Waals surface area contributed by atoms with Crippen molar-refractivity contribution in [2.45, 2.75) is 0 Å². The Morgan fingerprint density at radius 1 is 1.24 bits per heavy atom. The molecule has 0 saturated carbocycles. The van der Waals surface area contributed by atoms with Gasteiger partial charge in [-0.1, -0.05) is 6.07 Å². The SMILES string of the molecule is CN(CC(=O)Nc1cccc([N+](=O)[O-])c1)CC(=O)N(C)C. The molecular formula is C13H18N4O4. The molecule has 114 valence electrons. The lowest BCUT2D eigenvalue weighted by molar-refractivity contribution is -0.384. The summed E-state index contributed by atoms with van der Waals surface area (Å²) in [6.45, 7) is 0.137. The molecule has 0 bridgehead atoms. The number of likely N-dealkylation sites (N-methyl/N-ethyl adjacent to an activating group) is 2. The van der Waals surface area contributed by atoms with Crippen LogP contribution < -0.4 is 5.32 Å². The largest absolute Gasteiger partial charge is 0.348 e. The van der Waals surface area contributed by atoms with E-state index in [0.29, 0.717) is 5.69 Å². The molecule has 0 aliphatic carbocycles. The van der Waals surface area contributed by atoms with Crippen LogP contribution >= 0.6 is 0 Å². The first kappa shape index (κ1) is 16.6. The van der Waals surface area contributed by atoms with E-state index < -0.39 is 4.92 Å². The summed E-state index contributed by atoms with van der Waals surface area (Å²) >= 11 is 0. The van der Waals surface area contributed by atoms with Crippen LogP contribution in [0.5, 0.6) is 0 Å². The van der Waals surface area contributed by atoms with Crippen LogP contribution in [0, 0.1) is 10.1 Å². The fraction of sp³-hybridized carbons (Fsp3) is 0.385. The van der Waals surface area contributed by atoms with Gasteiger partial charge in [0.2, 0.25) is 11.8 Å². The average Bonchev–Trinajstić information content (AvgIpc) is 2.38. The fourth-order valence-electron chi connectivity index (χ4n) is 1.57. The smallest absolute Gasteiger partial charge is 0.271 e. The van der Waals surface area contributed by atoms with E-state index in [1.165, 1.54) is 23.1 Å². The molecule has 0 atom stereocenters. The Morgan fingerprint density at radius 2 is 1.90 bits per heavy atom. The van der Waals surface area contributed by atoms with E-state index >= 15 is 0 Å². The number of hydrogen-bond acceptors (Lipinski definition) is 5. The van der Waals surface area contributed by atoms with Gasteiger partial charge in [0.1, 0.15) is 0 Å². The quantitative estimate of drug-likeness (QED) is 0.610. The van der Waals surface area contributed by atoms with Crippen molar-refractivity contribution >= 4 is 23.2 Å². The van der Waals surface area contributed by atoms with E-state index in [1.54, 1.807) is 32.1 Å². The van der Waals surface area contributed by atoms with Crippen LogP contribution in [0.4, 0.5) is 11.4 Å². The van der Waals surface area contributed by atoms with Gasteiger partial charge in [-0.05, 0) is 13.1 Å². The zero-order valence-electron chi connectivity index (χ0n) is 12.2. The lowest BCUT2D eigenvalue weighted by Crippen LogP contribution is -2.38. The predicted molar refractivity (Wildman–Crippen MR) is 77.9 cm³/mol. The molecule has 8 nitrogen and oxygen atoms in total. The molecule has 0 fully saturated rings. The molecule has 0 unspecified atom stereocenters. The number of nitrogens with one attached hydrogen (secondary N) is 1. The molecule has 0 aromatic heterocycles. The van der Waals surface area contributed by atoms with E-state index in [-0.39, 0.29) is 30.6 Å². The van der Waals surface area contributed by atoms with Crippen LogP contribution in [0.1, 0.15) is 0 Å². The molecule has 0 radical (unpaired) electrons. The van der Waals surface area contributed by atoms with Gasteiger partial charge in [-0.3, -0.25) is 24.6 Å². The van der Waals surface area contributed by atoms with Gasteiger partial charge in [-0.15, -0.1) is 0 Å². The number of anilines is 1. The highest BCUT2D eigenvalue weighted by molar-refractivity contribution is 5.92. The van der Waals surface area contributed by atoms with Crippen molar-refractivity contribution in [3.05, 3.63) is 34.4 Å². The normalized spacial score (nSPS) is 10.3. The number of rotatable bonds is 6. The zero-order valence-corrected chi connectivity index (χ0v) is 12.2. The lowest BCUT2D eigenvalue weighted by Gasteiger charge is -2.18. The van der Waals surface area contributed by atoms with Gasteiger partial charge in [-0.25, -0.2) is 0 Å². The van der Waals surface area contributed by atoms with E-state index in [2.05, 4.69) is 5.32 Å². The molecule has 0 aliphatic rings. The number of nitrogens with zero attached hydrogens (tertiary/aromatic N) is 3. The number of non-ortho nitro benzene ring substituents is 1. The summed E-state index contributed by atoms with van der Waals surface area (Å²) in [5, 5.41) is 13.2. The molecule has 0 saturated heterocycles. The summed E-state index contributed by atoms with van der Waals surface area (Å²) in [6, 6.07) is 5.68. The van der Waals surface area contributed by atoms with Crippen LogP contribution in [0.15, 0.2) is 24.3 Å². The van der Waals surface area contributed by atoms with E-state index in [9.17, 15) is 19.7 Å². The maximum absolute atomic E-state index is 11.8. The monoisotopic (exact) mass is 294 g/mol. The first-order valence-electron chi connectivity index (χ1n) is 6.22. The maximum Gasteiger partial charge on any atom is 0.271 e. The third-order valence-corrected chi connectivity index (χ3v) is 2.66. The van der Waals surface area contributed by atoms with Crippen molar-refractivity contribution in [1.29, 1.82) is 0 Å². The number of nitro groups is 1. The second-order valence-corrected chi connectivity index (χ2v) is 4.82. The van der Waals surface area contributed by atoms with Crippen molar-refractivity contribution in [2.24, 2.45) is 0 Å². The molecule has 2 amide bonds. The van der Waals surface area contributed by atoms with Crippen LogP contribution in [0.25, 0.3) is 0 Å². The molecule has 0 spiro atoms. The second-order valence-electron chi connectivity index (χ2n) is 4.82. The van der Waals surface area contributed by atoms with Crippen LogP contribution in [-0.2, 0) is 9.59 Å². The zero-order chi connectivity index (χ0) is 16.0. The Labute approximate surface area is 122 Å². The fourth-order valence-corrected chi connectivity index (χ4v) is 1.57. The Hall–Kier alpha value is -2.48. The van der Waals surface area contributed by atoms with Crippen LogP contribution in [-0.4, -0.2) is 60.8 Å². The summed E-state index contributed by atoms with van der Waals surface area (Å²) in [5.41, 5.74) is 0.255. The van der Waals surface area contributed by atoms with Crippen molar-refractivity contribution < 1.29 is 14.5 Å². The minimum Gasteiger partial charge on any atom is -0.348 e. The Balaban J connectivity index is 2.55. The summed E-state index contributed by atoms with van der Waals surface area (Å²) < 4.78 is 0. The molecule has 8 heteroatoms. The number of carbonyl (C=O) groups excluding carboxylic acids is 2. The van der Waals surface area contributed by atoms with Gasteiger partial charge in [-0.2, -0.15) is 0 Å². The standard InChI is InChI=1S/C13H18N4O4/c1-15(2)13(19)9-16(3)8-12(18)14-10-5-4-6-11(7-10)17(20)21/h4-7H,8-9H2,1-3H3,(H,14,18). The summed E-state index contributed by atoms with van der Waals surface area (Å²) in [6.07, 6.45) is 0. The molecule has 1 rings (SSSR count). The van der Waals surface area contributed by atoms with Crippen LogP contribution in [0.3, 0.4) is 0 Å². The van der Waals surface area contributed by atoms with Crippen molar-refractivity contribution in [3.63, 3.8) is 0 Å². The molecule has 1 aromatic carbocycles. The minimum atomic E-state index is -0.530. The summed E-state index contributed by atoms with van der Waals surface area (Å²) in [4.78, 5) is 36.4. The first-order chi connectivity index (χ1) is 9.79. The topological polar surface area (TPSA) is 95.8 Å². The Bertz CT molecular complexity index is 545. The van der Waals surface area contributed by atoms with Crippen molar-refractivity contribution in [1.82, 2.24) is 9.80 Å². The number of benzene rings is 1. The summed E-state index contributed by atoms with van der Waals surface area (Å²) in [7, 11) is 4.92. The predicted octanol–water partition coefficient (Wildman–Crippen LogP) is 0.553. The van der Waals surface area contributed by atoms with Gasteiger partial charge in [0.15, 0.2) is 0 Å². The lowest BCUT2D eigenvalue weighted by atomic mass is 10.3. The highest BCUT2D eigenvalue weighted by Crippen LogP contribution is 2.16. The first-order valence-corrected chi connectivity index (χ1v) is 6.22. The third kappa shape index (κ3) is 5.57. The number of hydrogen-bond donors (Lipinski definition) is 1. The van der Waals surface area contributed by atoms with Gasteiger partial charge in [0, 0.05) is 31.9 Å². The highest BCUT2D eigenvalue weighted by Gasteiger charge is 2.13. The van der Waals surface area contributed by atoms with E-state index in [1.807, 2.05) is 0 Å². The summed E-state index contributed by atoms with van der Waals surface area (Å²) in [5.74, 6) is -0.454. The minimum absolute atomic E-state index is 0.0161. The number of amides is 2. The molecule has 0 heterocycles. The van der Waals surface area contributed by atoms with E-state index in [0.717, 1.165) is 0 Å². The van der Waals surface area contributed by atoms with Crippen molar-refractivity contribution in [3.8, 4) is 0 Å². The van der Waals surface area contributed by atoms with Gasteiger partial charge in [0.05, 0.1) is 18.0 Å². The van der Waals surface area contributed by atoms with Gasteiger partial charge < -0.3 is 10.2 Å². The molecular weight excluding hydrogens is 276 g/mol. The number of nitro benzene ring substituents is 1. The maximum atomic E-state index is 11.8. The van der Waals surface area contributed by atoms with Crippen molar-refractivity contribution in [2.75, 3.05) is 39.5 Å². The third-order valence-electron chi connectivity index (χ3n) is 2.66. The number of carbonyl (C=O) groups is 2. The second kappa shape index (κ2) is 7.34. The van der Waals surface area contributed by atoms with Gasteiger partial charge >= 0.3 is 0 Å². The Morgan fingerprint density at radius 3 is 2.48 bits per heavy atom. The van der Waals surface area contributed by atoms with Gasteiger partial charge in [0.25, 0.3) is 5.69 Å². The molecule has 0 aliphatic heterocycles.